The zero-order valence-electron chi connectivity index (χ0n) is 6.65. The molecule has 0 aliphatic heterocycles. The molecule has 0 N–H and O–H groups in total. The first-order valence-corrected chi connectivity index (χ1v) is 3.54. The smallest absolute Gasteiger partial charge is 0.314 e. The van der Waals surface area contributed by atoms with Crippen molar-refractivity contribution in [3.63, 3.8) is 0 Å². The van der Waals surface area contributed by atoms with E-state index in [1.165, 1.54) is 12.8 Å². The zero-order valence-corrected chi connectivity index (χ0v) is 9.48. The normalized spacial score (nSPS) is 36.3. The van der Waals surface area contributed by atoms with E-state index in [-0.39, 0.29) is 32.7 Å². The molecule has 9 heavy (non-hydrogen) atoms. The van der Waals surface area contributed by atoms with Crippen molar-refractivity contribution in [2.75, 3.05) is 0 Å². The van der Waals surface area contributed by atoms with Gasteiger partial charge in [-0.25, -0.2) is 0 Å². The SMILES string of the molecule is C[C-]1CCC(C)C1C.[Y+3]. The molecule has 1 heteroatoms. The molecule has 2 atom stereocenters. The first kappa shape index (κ1) is 10.1. The van der Waals surface area contributed by atoms with Gasteiger partial charge in [0.05, 0.1) is 0 Å². The average Bonchev–Trinajstić information content (AvgIpc) is 1.98. The van der Waals surface area contributed by atoms with Crippen molar-refractivity contribution < 1.29 is 32.7 Å². The van der Waals surface area contributed by atoms with Crippen LogP contribution in [0.5, 0.6) is 0 Å². The summed E-state index contributed by atoms with van der Waals surface area (Å²) in [6.07, 6.45) is 2.80. The predicted molar refractivity (Wildman–Crippen MR) is 36.5 cm³/mol. The van der Waals surface area contributed by atoms with Gasteiger partial charge in [-0.05, 0) is 0 Å². The van der Waals surface area contributed by atoms with Crippen LogP contribution in [0.2, 0.25) is 0 Å². The molecule has 0 aromatic rings. The van der Waals surface area contributed by atoms with Crippen LogP contribution in [-0.2, 0) is 32.7 Å². The molecule has 0 heterocycles. The van der Waals surface area contributed by atoms with Crippen LogP contribution >= 0.6 is 0 Å². The van der Waals surface area contributed by atoms with Crippen molar-refractivity contribution in [2.45, 2.75) is 33.6 Å². The molecule has 0 amide bonds. The summed E-state index contributed by atoms with van der Waals surface area (Å²) < 4.78 is 0. The second kappa shape index (κ2) is 4.08. The van der Waals surface area contributed by atoms with Gasteiger partial charge in [-0.3, -0.25) is 0 Å². The maximum atomic E-state index is 2.35. The number of hydrogen-bond acceptors (Lipinski definition) is 0. The minimum absolute atomic E-state index is 0. The van der Waals surface area contributed by atoms with Gasteiger partial charge >= 0.3 is 32.7 Å². The third kappa shape index (κ3) is 2.31. The van der Waals surface area contributed by atoms with Crippen LogP contribution in [-0.4, -0.2) is 0 Å². The molecule has 0 aromatic heterocycles. The van der Waals surface area contributed by atoms with Crippen molar-refractivity contribution >= 4 is 0 Å². The Labute approximate surface area is 83.7 Å². The van der Waals surface area contributed by atoms with E-state index >= 15 is 0 Å². The van der Waals surface area contributed by atoms with Gasteiger partial charge in [0.2, 0.25) is 0 Å². The summed E-state index contributed by atoms with van der Waals surface area (Å²) in [7, 11) is 0. The summed E-state index contributed by atoms with van der Waals surface area (Å²) in [5, 5.41) is 0. The molecular formula is C8H15Y+2. The molecular weight excluding hydrogens is 185 g/mol. The topological polar surface area (TPSA) is 0 Å². The maximum absolute atomic E-state index is 2.35. The first-order chi connectivity index (χ1) is 3.72. The van der Waals surface area contributed by atoms with Gasteiger partial charge in [0, 0.05) is 0 Å². The second-order valence-corrected chi connectivity index (χ2v) is 3.15. The predicted octanol–water partition coefficient (Wildman–Crippen LogP) is 2.64. The van der Waals surface area contributed by atoms with E-state index in [4.69, 9.17) is 0 Å². The van der Waals surface area contributed by atoms with Crippen molar-refractivity contribution in [2.24, 2.45) is 11.8 Å². The van der Waals surface area contributed by atoms with Gasteiger partial charge < -0.3 is 5.92 Å². The molecule has 0 aromatic carbocycles. The fourth-order valence-corrected chi connectivity index (χ4v) is 1.42. The quantitative estimate of drug-likeness (QED) is 0.527. The van der Waals surface area contributed by atoms with Crippen LogP contribution in [0.25, 0.3) is 0 Å². The molecule has 0 bridgehead atoms. The Balaban J connectivity index is 0.000000640. The molecule has 0 saturated heterocycles. The second-order valence-electron chi connectivity index (χ2n) is 3.15. The summed E-state index contributed by atoms with van der Waals surface area (Å²) in [5.41, 5.74) is 0. The van der Waals surface area contributed by atoms with Crippen LogP contribution in [0, 0.1) is 17.8 Å². The zero-order chi connectivity index (χ0) is 6.15. The van der Waals surface area contributed by atoms with Crippen molar-refractivity contribution in [3.8, 4) is 0 Å². The Kier molecular flexibility index (Phi) is 4.58. The van der Waals surface area contributed by atoms with Crippen LogP contribution < -0.4 is 0 Å². The Bertz CT molecular complexity index is 70.6. The number of hydrogen-bond donors (Lipinski definition) is 0. The molecule has 1 fully saturated rings. The van der Waals surface area contributed by atoms with E-state index in [0.717, 1.165) is 11.8 Å². The van der Waals surface area contributed by atoms with Crippen LogP contribution in [0.4, 0.5) is 0 Å². The first-order valence-electron chi connectivity index (χ1n) is 3.54. The van der Waals surface area contributed by atoms with E-state index in [1.807, 2.05) is 0 Å². The molecule has 1 aliphatic carbocycles. The van der Waals surface area contributed by atoms with E-state index in [9.17, 15) is 0 Å². The fraction of sp³-hybridized carbons (Fsp3) is 0.875. The summed E-state index contributed by atoms with van der Waals surface area (Å²) >= 11 is 0. The van der Waals surface area contributed by atoms with E-state index in [0.29, 0.717) is 0 Å². The van der Waals surface area contributed by atoms with Gasteiger partial charge in [0.1, 0.15) is 0 Å². The monoisotopic (exact) mass is 200 g/mol. The van der Waals surface area contributed by atoms with Gasteiger partial charge in [-0.15, -0.1) is 0 Å². The Morgan fingerprint density at radius 2 is 1.89 bits per heavy atom. The molecule has 0 radical (unpaired) electrons. The Morgan fingerprint density at radius 1 is 1.33 bits per heavy atom. The average molecular weight is 200 g/mol. The summed E-state index contributed by atoms with van der Waals surface area (Å²) in [6, 6.07) is 0. The van der Waals surface area contributed by atoms with Gasteiger partial charge in [-0.1, -0.05) is 26.2 Å². The fourth-order valence-electron chi connectivity index (χ4n) is 1.42. The molecule has 1 saturated carbocycles. The Morgan fingerprint density at radius 3 is 2.00 bits per heavy atom. The maximum Gasteiger partial charge on any atom is 3.00 e. The van der Waals surface area contributed by atoms with Crippen molar-refractivity contribution in [1.29, 1.82) is 0 Å². The summed E-state index contributed by atoms with van der Waals surface area (Å²) in [6.45, 7) is 6.97. The van der Waals surface area contributed by atoms with Crippen LogP contribution in [0.15, 0.2) is 0 Å². The van der Waals surface area contributed by atoms with Crippen LogP contribution in [0.1, 0.15) is 33.6 Å². The third-order valence-corrected chi connectivity index (χ3v) is 2.62. The van der Waals surface area contributed by atoms with Gasteiger partial charge in [-0.2, -0.15) is 19.3 Å². The van der Waals surface area contributed by atoms with E-state index < -0.39 is 0 Å². The minimum Gasteiger partial charge on any atom is -0.314 e. The number of rotatable bonds is 0. The van der Waals surface area contributed by atoms with Crippen LogP contribution in [0.3, 0.4) is 0 Å². The van der Waals surface area contributed by atoms with Gasteiger partial charge in [0.15, 0.2) is 0 Å². The molecule has 0 nitrogen and oxygen atoms in total. The molecule has 2 unspecified atom stereocenters. The largest absolute Gasteiger partial charge is 3.00 e. The third-order valence-electron chi connectivity index (χ3n) is 2.62. The molecule has 1 rings (SSSR count). The molecule has 1 aliphatic rings. The van der Waals surface area contributed by atoms with Crippen molar-refractivity contribution in [3.05, 3.63) is 5.92 Å². The summed E-state index contributed by atoms with van der Waals surface area (Å²) in [5.74, 6) is 3.56. The van der Waals surface area contributed by atoms with E-state index in [2.05, 4.69) is 20.8 Å². The van der Waals surface area contributed by atoms with Crippen molar-refractivity contribution in [1.82, 2.24) is 0 Å². The standard InChI is InChI=1S/C8H15.Y/c1-6-4-5-7(2)8(6)3;/h6,8H,4-5H2,1-3H3;/q-1;+3. The molecule has 48 valence electrons. The van der Waals surface area contributed by atoms with E-state index in [1.54, 1.807) is 5.92 Å². The summed E-state index contributed by atoms with van der Waals surface area (Å²) in [4.78, 5) is 0. The Hall–Kier alpha value is 1.10. The minimum atomic E-state index is 0. The molecule has 0 spiro atoms. The van der Waals surface area contributed by atoms with Gasteiger partial charge in [0.25, 0.3) is 0 Å².